The lowest BCUT2D eigenvalue weighted by Gasteiger charge is -2.29. The van der Waals surface area contributed by atoms with Crippen LogP contribution < -0.4 is 10.6 Å². The molecule has 0 radical (unpaired) electrons. The third kappa shape index (κ3) is 2.03. The molecule has 1 aromatic rings. The first kappa shape index (κ1) is 11.7. The van der Waals surface area contributed by atoms with Crippen molar-refractivity contribution in [3.05, 3.63) is 29.8 Å². The minimum absolute atomic E-state index is 0.139. The van der Waals surface area contributed by atoms with Crippen molar-refractivity contribution in [2.75, 3.05) is 11.4 Å². The van der Waals surface area contributed by atoms with Crippen molar-refractivity contribution < 1.29 is 4.79 Å². The first-order valence-electron chi connectivity index (χ1n) is 6.90. The Labute approximate surface area is 108 Å². The largest absolute Gasteiger partial charge is 0.328 e. The smallest absolute Gasteiger partial charge is 0.230 e. The van der Waals surface area contributed by atoms with Crippen molar-refractivity contribution in [2.24, 2.45) is 11.7 Å². The first-order valence-corrected chi connectivity index (χ1v) is 6.90. The monoisotopic (exact) mass is 244 g/mol. The highest BCUT2D eigenvalue weighted by Gasteiger charge is 2.32. The molecule has 1 aromatic carbocycles. The Morgan fingerprint density at radius 3 is 2.94 bits per heavy atom. The summed E-state index contributed by atoms with van der Waals surface area (Å²) in [7, 11) is 0. The van der Waals surface area contributed by atoms with E-state index in [4.69, 9.17) is 5.73 Å². The zero-order valence-corrected chi connectivity index (χ0v) is 10.6. The molecule has 0 spiro atoms. The van der Waals surface area contributed by atoms with Gasteiger partial charge in [0.15, 0.2) is 0 Å². The zero-order valence-electron chi connectivity index (χ0n) is 10.6. The third-order valence-corrected chi connectivity index (χ3v) is 4.22. The molecule has 3 rings (SSSR count). The lowest BCUT2D eigenvalue weighted by Crippen LogP contribution is -2.40. The number of hydrogen-bond acceptors (Lipinski definition) is 2. The van der Waals surface area contributed by atoms with E-state index in [0.717, 1.165) is 44.3 Å². The molecule has 96 valence electrons. The number of anilines is 1. The van der Waals surface area contributed by atoms with Gasteiger partial charge in [0.25, 0.3) is 0 Å². The van der Waals surface area contributed by atoms with Crippen LogP contribution in [0.25, 0.3) is 0 Å². The van der Waals surface area contributed by atoms with Crippen LogP contribution in [0.4, 0.5) is 5.69 Å². The van der Waals surface area contributed by atoms with Crippen LogP contribution in [-0.4, -0.2) is 18.5 Å². The number of para-hydroxylation sites is 1. The minimum Gasteiger partial charge on any atom is -0.328 e. The molecular formula is C15H20N2O. The normalized spacial score (nSPS) is 27.1. The third-order valence-electron chi connectivity index (χ3n) is 4.22. The zero-order chi connectivity index (χ0) is 12.5. The first-order chi connectivity index (χ1) is 8.75. The highest BCUT2D eigenvalue weighted by atomic mass is 16.2. The van der Waals surface area contributed by atoms with Crippen molar-refractivity contribution in [3.8, 4) is 0 Å². The molecule has 3 heteroatoms. The van der Waals surface area contributed by atoms with E-state index in [1.165, 1.54) is 5.56 Å². The summed E-state index contributed by atoms with van der Waals surface area (Å²) in [5.74, 6) is 0.426. The van der Waals surface area contributed by atoms with Gasteiger partial charge in [-0.2, -0.15) is 0 Å². The van der Waals surface area contributed by atoms with E-state index in [2.05, 4.69) is 12.1 Å². The van der Waals surface area contributed by atoms with Gasteiger partial charge in [-0.3, -0.25) is 4.79 Å². The maximum Gasteiger partial charge on any atom is 0.230 e. The summed E-state index contributed by atoms with van der Waals surface area (Å²) in [6.45, 7) is 0.837. The highest BCUT2D eigenvalue weighted by Crippen LogP contribution is 2.32. The Bertz CT molecular complexity index is 458. The summed E-state index contributed by atoms with van der Waals surface area (Å²) in [6.07, 6.45) is 5.01. The van der Waals surface area contributed by atoms with Crippen LogP contribution in [0.5, 0.6) is 0 Å². The fourth-order valence-electron chi connectivity index (χ4n) is 3.24. The Balaban J connectivity index is 1.78. The van der Waals surface area contributed by atoms with Crippen LogP contribution in [-0.2, 0) is 11.2 Å². The summed E-state index contributed by atoms with van der Waals surface area (Å²) >= 11 is 0. The molecule has 18 heavy (non-hydrogen) atoms. The van der Waals surface area contributed by atoms with Gasteiger partial charge in [-0.25, -0.2) is 0 Å². The Hall–Kier alpha value is -1.35. The molecule has 3 nitrogen and oxygen atoms in total. The Morgan fingerprint density at radius 1 is 1.28 bits per heavy atom. The molecule has 0 saturated heterocycles. The molecule has 1 amide bonds. The second kappa shape index (κ2) is 4.73. The molecular weight excluding hydrogens is 224 g/mol. The van der Waals surface area contributed by atoms with Gasteiger partial charge in [0.1, 0.15) is 0 Å². The number of nitrogens with zero attached hydrogens (tertiary/aromatic N) is 1. The summed E-state index contributed by atoms with van der Waals surface area (Å²) in [5, 5.41) is 0. The maximum atomic E-state index is 12.6. The summed E-state index contributed by atoms with van der Waals surface area (Å²) in [4.78, 5) is 14.5. The summed E-state index contributed by atoms with van der Waals surface area (Å²) < 4.78 is 0. The molecule has 2 N–H and O–H groups in total. The van der Waals surface area contributed by atoms with Gasteiger partial charge in [-0.1, -0.05) is 24.6 Å². The van der Waals surface area contributed by atoms with Crippen LogP contribution in [0.3, 0.4) is 0 Å². The lowest BCUT2D eigenvalue weighted by molar-refractivity contribution is -0.123. The van der Waals surface area contributed by atoms with Gasteiger partial charge in [-0.15, -0.1) is 0 Å². The van der Waals surface area contributed by atoms with Crippen molar-refractivity contribution in [3.63, 3.8) is 0 Å². The minimum atomic E-state index is 0.139. The Morgan fingerprint density at radius 2 is 2.11 bits per heavy atom. The van der Waals surface area contributed by atoms with Gasteiger partial charge < -0.3 is 10.6 Å². The molecule has 0 bridgehead atoms. The maximum absolute atomic E-state index is 12.6. The van der Waals surface area contributed by atoms with E-state index in [1.54, 1.807) is 0 Å². The fourth-order valence-corrected chi connectivity index (χ4v) is 3.24. The molecule has 1 aliphatic carbocycles. The van der Waals surface area contributed by atoms with Crippen molar-refractivity contribution in [1.29, 1.82) is 0 Å². The molecule has 2 atom stereocenters. The molecule has 1 saturated carbocycles. The Kier molecular flexibility index (Phi) is 3.08. The lowest BCUT2D eigenvalue weighted by atomic mass is 9.85. The van der Waals surface area contributed by atoms with Crippen LogP contribution >= 0.6 is 0 Å². The van der Waals surface area contributed by atoms with Gasteiger partial charge in [-0.05, 0) is 37.3 Å². The topological polar surface area (TPSA) is 46.3 Å². The van der Waals surface area contributed by atoms with Crippen LogP contribution in [0.2, 0.25) is 0 Å². The van der Waals surface area contributed by atoms with Crippen LogP contribution in [0.15, 0.2) is 24.3 Å². The van der Waals surface area contributed by atoms with E-state index in [-0.39, 0.29) is 17.9 Å². The predicted molar refractivity (Wildman–Crippen MR) is 72.4 cm³/mol. The van der Waals surface area contributed by atoms with E-state index in [1.807, 2.05) is 17.0 Å². The van der Waals surface area contributed by atoms with Gasteiger partial charge in [0.2, 0.25) is 5.91 Å². The molecule has 1 heterocycles. The number of carbonyl (C=O) groups excluding carboxylic acids is 1. The van der Waals surface area contributed by atoms with Crippen LogP contribution in [0.1, 0.15) is 31.2 Å². The van der Waals surface area contributed by atoms with Gasteiger partial charge in [0.05, 0.1) is 0 Å². The second-order valence-electron chi connectivity index (χ2n) is 5.49. The average molecular weight is 244 g/mol. The molecule has 2 unspecified atom stereocenters. The second-order valence-corrected chi connectivity index (χ2v) is 5.49. The van der Waals surface area contributed by atoms with E-state index in [0.29, 0.717) is 0 Å². The van der Waals surface area contributed by atoms with E-state index in [9.17, 15) is 4.79 Å². The number of hydrogen-bond donors (Lipinski definition) is 1. The number of fused-ring (bicyclic) bond motifs is 1. The quantitative estimate of drug-likeness (QED) is 0.822. The predicted octanol–water partition coefficient (Wildman–Crippen LogP) is 2.09. The molecule has 1 aliphatic heterocycles. The average Bonchev–Trinajstić information content (AvgIpc) is 2.82. The molecule has 0 aromatic heterocycles. The number of nitrogens with two attached hydrogens (primary N) is 1. The SMILES string of the molecule is NC1CCCC(C(=O)N2CCc3ccccc32)C1. The van der Waals surface area contributed by atoms with Crippen molar-refractivity contribution >= 4 is 11.6 Å². The number of amides is 1. The van der Waals surface area contributed by atoms with Crippen LogP contribution in [0, 0.1) is 5.92 Å². The summed E-state index contributed by atoms with van der Waals surface area (Å²) in [6, 6.07) is 8.45. The molecule has 1 fully saturated rings. The summed E-state index contributed by atoms with van der Waals surface area (Å²) in [5.41, 5.74) is 8.40. The number of carbonyl (C=O) groups is 1. The number of rotatable bonds is 1. The fraction of sp³-hybridized carbons (Fsp3) is 0.533. The van der Waals surface area contributed by atoms with E-state index >= 15 is 0 Å². The van der Waals surface area contributed by atoms with E-state index < -0.39 is 0 Å². The highest BCUT2D eigenvalue weighted by molar-refractivity contribution is 5.97. The molecule has 2 aliphatic rings. The van der Waals surface area contributed by atoms with Gasteiger partial charge in [0, 0.05) is 24.2 Å². The van der Waals surface area contributed by atoms with Crippen molar-refractivity contribution in [2.45, 2.75) is 38.1 Å². The van der Waals surface area contributed by atoms with Gasteiger partial charge >= 0.3 is 0 Å². The van der Waals surface area contributed by atoms with Crippen molar-refractivity contribution in [1.82, 2.24) is 0 Å². The number of benzene rings is 1. The standard InChI is InChI=1S/C15H20N2O/c16-13-6-3-5-12(10-13)15(18)17-9-8-11-4-1-2-7-14(11)17/h1-2,4,7,12-13H,3,5-6,8-10,16H2.